The second kappa shape index (κ2) is 8.92. The Kier molecular flexibility index (Phi) is 7.02. The van der Waals surface area contributed by atoms with Gasteiger partial charge in [0.1, 0.15) is 12.2 Å². The van der Waals surface area contributed by atoms with Crippen molar-refractivity contribution in [2.45, 2.75) is 65.0 Å². The van der Waals surface area contributed by atoms with Gasteiger partial charge < -0.3 is 19.7 Å². The molecule has 1 N–H and O–H groups in total. The Labute approximate surface area is 168 Å². The monoisotopic (exact) mass is 416 g/mol. The van der Waals surface area contributed by atoms with E-state index in [1.165, 1.54) is 4.90 Å². The molecule has 0 aliphatic carbocycles. The summed E-state index contributed by atoms with van der Waals surface area (Å²) in [5.74, 6) is 0. The number of nitrogens with one attached hydrogen (secondary N) is 1. The molecule has 0 unspecified atom stereocenters. The third-order valence-corrected chi connectivity index (χ3v) is 4.30. The second-order valence-corrected chi connectivity index (χ2v) is 8.17. The molecule has 1 aliphatic rings. The summed E-state index contributed by atoms with van der Waals surface area (Å²) < 4.78 is 49.1. The highest BCUT2D eigenvalue weighted by Gasteiger charge is 2.31. The summed E-state index contributed by atoms with van der Waals surface area (Å²) in [6.07, 6.45) is -4.46. The maximum absolute atomic E-state index is 12.9. The molecular formula is C20H27F3N2O4. The summed E-state index contributed by atoms with van der Waals surface area (Å²) in [7, 11) is 0. The largest absolute Gasteiger partial charge is 0.445 e. The number of hydrogen-bond donors (Lipinski definition) is 1. The molecule has 1 aliphatic heterocycles. The Balaban J connectivity index is 1.82. The average Bonchev–Trinajstić information content (AvgIpc) is 2.57. The number of rotatable bonds is 3. The van der Waals surface area contributed by atoms with Gasteiger partial charge in [0, 0.05) is 19.1 Å². The minimum absolute atomic E-state index is 0.111. The summed E-state index contributed by atoms with van der Waals surface area (Å²) in [5.41, 5.74) is -0.624. The van der Waals surface area contributed by atoms with Gasteiger partial charge in [-0.25, -0.2) is 9.59 Å². The molecule has 1 aromatic rings. The number of benzene rings is 1. The SMILES string of the molecule is Cc1cc(COC(=O)N2CCC(NC(=O)OC(C)(C)C)CC2)cc(C(F)(F)F)c1. The highest BCUT2D eigenvalue weighted by Crippen LogP contribution is 2.30. The topological polar surface area (TPSA) is 67.9 Å². The fourth-order valence-corrected chi connectivity index (χ4v) is 3.03. The molecule has 29 heavy (non-hydrogen) atoms. The molecular weight excluding hydrogens is 389 g/mol. The van der Waals surface area contributed by atoms with E-state index in [0.717, 1.165) is 12.1 Å². The number of alkyl carbamates (subject to hydrolysis) is 1. The van der Waals surface area contributed by atoms with Crippen LogP contribution in [0.4, 0.5) is 22.8 Å². The molecule has 6 nitrogen and oxygen atoms in total. The summed E-state index contributed by atoms with van der Waals surface area (Å²) >= 11 is 0. The predicted molar refractivity (Wildman–Crippen MR) is 100 cm³/mol. The van der Waals surface area contributed by atoms with E-state index >= 15 is 0 Å². The zero-order valence-electron chi connectivity index (χ0n) is 17.1. The zero-order valence-corrected chi connectivity index (χ0v) is 17.1. The van der Waals surface area contributed by atoms with E-state index in [0.29, 0.717) is 31.5 Å². The summed E-state index contributed by atoms with van der Waals surface area (Å²) in [5, 5.41) is 2.77. The number of likely N-dealkylation sites (tertiary alicyclic amines) is 1. The number of piperidine rings is 1. The molecule has 162 valence electrons. The normalized spacial score (nSPS) is 15.8. The van der Waals surface area contributed by atoms with Crippen LogP contribution in [0.25, 0.3) is 0 Å². The van der Waals surface area contributed by atoms with E-state index in [4.69, 9.17) is 9.47 Å². The lowest BCUT2D eigenvalue weighted by molar-refractivity contribution is -0.137. The number of hydrogen-bond acceptors (Lipinski definition) is 4. The van der Waals surface area contributed by atoms with Crippen LogP contribution >= 0.6 is 0 Å². The van der Waals surface area contributed by atoms with Gasteiger partial charge in [0.15, 0.2) is 0 Å². The van der Waals surface area contributed by atoms with Crippen LogP contribution in [0.3, 0.4) is 0 Å². The van der Waals surface area contributed by atoms with E-state index in [1.54, 1.807) is 33.8 Å². The van der Waals surface area contributed by atoms with Crippen LogP contribution < -0.4 is 5.32 Å². The number of alkyl halides is 3. The van der Waals surface area contributed by atoms with E-state index < -0.39 is 29.5 Å². The molecule has 2 amide bonds. The fraction of sp³-hybridized carbons (Fsp3) is 0.600. The second-order valence-electron chi connectivity index (χ2n) is 8.17. The van der Waals surface area contributed by atoms with E-state index in [1.807, 2.05) is 0 Å². The molecule has 2 rings (SSSR count). The van der Waals surface area contributed by atoms with E-state index in [9.17, 15) is 22.8 Å². The summed E-state index contributed by atoms with van der Waals surface area (Å²) in [6.45, 7) is 7.40. The molecule has 9 heteroatoms. The smallest absolute Gasteiger partial charge is 0.416 e. The van der Waals surface area contributed by atoms with Crippen molar-refractivity contribution in [1.29, 1.82) is 0 Å². The van der Waals surface area contributed by atoms with Crippen LogP contribution in [0.1, 0.15) is 50.3 Å². The van der Waals surface area contributed by atoms with Crippen LogP contribution in [0, 0.1) is 6.92 Å². The van der Waals surface area contributed by atoms with Crippen molar-refractivity contribution >= 4 is 12.2 Å². The third-order valence-electron chi connectivity index (χ3n) is 4.30. The van der Waals surface area contributed by atoms with Crippen molar-refractivity contribution in [3.05, 3.63) is 34.9 Å². The van der Waals surface area contributed by atoms with Gasteiger partial charge in [-0.2, -0.15) is 13.2 Å². The third kappa shape index (κ3) is 7.47. The van der Waals surface area contributed by atoms with Crippen molar-refractivity contribution < 1.29 is 32.2 Å². The van der Waals surface area contributed by atoms with Crippen LogP contribution in [0.5, 0.6) is 0 Å². The molecule has 0 radical (unpaired) electrons. The van der Waals surface area contributed by atoms with Gasteiger partial charge in [-0.3, -0.25) is 0 Å². The molecule has 1 saturated heterocycles. The Morgan fingerprint density at radius 1 is 1.14 bits per heavy atom. The van der Waals surface area contributed by atoms with Crippen LogP contribution in [0.15, 0.2) is 18.2 Å². The highest BCUT2D eigenvalue weighted by molar-refractivity contribution is 5.69. The first-order valence-corrected chi connectivity index (χ1v) is 9.42. The van der Waals surface area contributed by atoms with E-state index in [2.05, 4.69) is 5.32 Å². The fourth-order valence-electron chi connectivity index (χ4n) is 3.03. The lowest BCUT2D eigenvalue weighted by Gasteiger charge is -2.32. The lowest BCUT2D eigenvalue weighted by atomic mass is 10.1. The van der Waals surface area contributed by atoms with Crippen molar-refractivity contribution in [2.75, 3.05) is 13.1 Å². The van der Waals surface area contributed by atoms with Gasteiger partial charge in [-0.15, -0.1) is 0 Å². The number of halogens is 3. The van der Waals surface area contributed by atoms with Gasteiger partial charge in [0.25, 0.3) is 0 Å². The molecule has 1 aromatic carbocycles. The van der Waals surface area contributed by atoms with Gasteiger partial charge in [-0.1, -0.05) is 11.6 Å². The number of nitrogens with zero attached hydrogens (tertiary/aromatic N) is 1. The minimum Gasteiger partial charge on any atom is -0.445 e. The number of aryl methyl sites for hydroxylation is 1. The standard InChI is InChI=1S/C20H27F3N2O4/c1-13-9-14(11-15(10-13)20(21,22)23)12-28-18(27)25-7-5-16(6-8-25)24-17(26)29-19(2,3)4/h9-11,16H,5-8,12H2,1-4H3,(H,24,26). The van der Waals surface area contributed by atoms with Crippen molar-refractivity contribution in [3.63, 3.8) is 0 Å². The maximum Gasteiger partial charge on any atom is 0.416 e. The summed E-state index contributed by atoms with van der Waals surface area (Å²) in [4.78, 5) is 25.5. The first kappa shape index (κ1) is 22.8. The zero-order chi connectivity index (χ0) is 21.8. The number of carbonyl (C=O) groups is 2. The highest BCUT2D eigenvalue weighted by atomic mass is 19.4. The van der Waals surface area contributed by atoms with Gasteiger partial charge in [-0.05, 0) is 58.2 Å². The summed E-state index contributed by atoms with van der Waals surface area (Å²) in [6, 6.07) is 3.48. The Hall–Kier alpha value is -2.45. The van der Waals surface area contributed by atoms with Crippen molar-refractivity contribution in [3.8, 4) is 0 Å². The molecule has 0 spiro atoms. The Morgan fingerprint density at radius 3 is 2.31 bits per heavy atom. The predicted octanol–water partition coefficient (Wildman–Crippen LogP) is 4.64. The minimum atomic E-state index is -4.45. The van der Waals surface area contributed by atoms with Crippen LogP contribution in [-0.2, 0) is 22.3 Å². The molecule has 0 atom stereocenters. The van der Waals surface area contributed by atoms with Crippen LogP contribution in [0.2, 0.25) is 0 Å². The lowest BCUT2D eigenvalue weighted by Crippen LogP contribution is -2.47. The average molecular weight is 416 g/mol. The molecule has 1 heterocycles. The van der Waals surface area contributed by atoms with Gasteiger partial charge in [0.2, 0.25) is 0 Å². The molecule has 1 fully saturated rings. The Bertz CT molecular complexity index is 736. The van der Waals surface area contributed by atoms with Crippen LogP contribution in [-0.4, -0.2) is 41.8 Å². The maximum atomic E-state index is 12.9. The first-order valence-electron chi connectivity index (χ1n) is 9.42. The van der Waals surface area contributed by atoms with Gasteiger partial charge in [0.05, 0.1) is 5.56 Å². The van der Waals surface area contributed by atoms with E-state index in [-0.39, 0.29) is 18.2 Å². The quantitative estimate of drug-likeness (QED) is 0.780. The number of amides is 2. The Morgan fingerprint density at radius 2 is 1.76 bits per heavy atom. The molecule has 0 bridgehead atoms. The molecule has 0 saturated carbocycles. The van der Waals surface area contributed by atoms with Crippen molar-refractivity contribution in [1.82, 2.24) is 10.2 Å². The number of carbonyl (C=O) groups excluding carboxylic acids is 2. The first-order chi connectivity index (χ1) is 13.3. The van der Waals surface area contributed by atoms with Crippen molar-refractivity contribution in [2.24, 2.45) is 0 Å². The molecule has 0 aromatic heterocycles. The number of ether oxygens (including phenoxy) is 2. The van der Waals surface area contributed by atoms with Gasteiger partial charge >= 0.3 is 18.4 Å².